The van der Waals surface area contributed by atoms with Crippen molar-refractivity contribution in [3.05, 3.63) is 0 Å². The number of hydrogen-bond acceptors (Lipinski definition) is 6. The first kappa shape index (κ1) is 17.1. The Balaban J connectivity index is 3.01. The van der Waals surface area contributed by atoms with E-state index in [0.29, 0.717) is 0 Å². The quantitative estimate of drug-likeness (QED) is 0.575. The van der Waals surface area contributed by atoms with E-state index in [4.69, 9.17) is 11.6 Å². The number of amides is 2. The summed E-state index contributed by atoms with van der Waals surface area (Å²) < 4.78 is 25.2. The molecule has 0 unspecified atom stereocenters. The Hall–Kier alpha value is -0.970. The molecule has 8 nitrogen and oxygen atoms in total. The third kappa shape index (κ3) is 3.57. The van der Waals surface area contributed by atoms with Gasteiger partial charge < -0.3 is 4.90 Å². The Morgan fingerprint density at radius 3 is 2.35 bits per heavy atom. The number of halogens is 1. The van der Waals surface area contributed by atoms with Crippen LogP contribution in [0.1, 0.15) is 0 Å². The first-order valence-electron chi connectivity index (χ1n) is 5.52. The number of aromatic nitrogens is 2. The normalized spacial score (nSPS) is 11.7. The van der Waals surface area contributed by atoms with E-state index in [1.807, 2.05) is 0 Å². The van der Waals surface area contributed by atoms with Gasteiger partial charge in [-0.15, -0.1) is 21.8 Å². The van der Waals surface area contributed by atoms with Gasteiger partial charge in [-0.05, 0) is 0 Å². The Morgan fingerprint density at radius 1 is 1.25 bits per heavy atom. The average molecular weight is 342 g/mol. The van der Waals surface area contributed by atoms with E-state index in [1.54, 1.807) is 14.1 Å². The topological polar surface area (TPSA) is 86.7 Å². The van der Waals surface area contributed by atoms with Crippen molar-refractivity contribution >= 4 is 44.1 Å². The van der Waals surface area contributed by atoms with Crippen LogP contribution in [0.5, 0.6) is 0 Å². The Bertz CT molecular complexity index is 574. The highest BCUT2D eigenvalue weighted by Gasteiger charge is 2.27. The first-order valence-corrected chi connectivity index (χ1v) is 8.31. The largest absolute Gasteiger partial charge is 0.330 e. The lowest BCUT2D eigenvalue weighted by Gasteiger charge is -2.18. The lowest BCUT2D eigenvalue weighted by molar-refractivity contribution is 0.225. The Morgan fingerprint density at radius 2 is 1.85 bits per heavy atom. The van der Waals surface area contributed by atoms with Crippen LogP contribution in [0.15, 0.2) is 4.34 Å². The van der Waals surface area contributed by atoms with Crippen LogP contribution in [0.4, 0.5) is 9.93 Å². The van der Waals surface area contributed by atoms with Crippen molar-refractivity contribution in [3.8, 4) is 0 Å². The van der Waals surface area contributed by atoms with Crippen LogP contribution in [-0.2, 0) is 10.0 Å². The third-order valence-electron chi connectivity index (χ3n) is 2.38. The van der Waals surface area contributed by atoms with Crippen LogP contribution >= 0.6 is 22.9 Å². The van der Waals surface area contributed by atoms with Crippen molar-refractivity contribution in [1.82, 2.24) is 19.4 Å². The molecular weight excluding hydrogens is 326 g/mol. The second-order valence-electron chi connectivity index (χ2n) is 4.10. The minimum atomic E-state index is -3.72. The fourth-order valence-corrected chi connectivity index (χ4v) is 3.85. The van der Waals surface area contributed by atoms with Gasteiger partial charge in [-0.1, -0.05) is 11.3 Å². The molecule has 11 heteroatoms. The number of carbonyl (C=O) groups excluding carboxylic acids is 1. The highest BCUT2D eigenvalue weighted by molar-refractivity contribution is 7.91. The van der Waals surface area contributed by atoms with Gasteiger partial charge in [0.05, 0.1) is 0 Å². The molecule has 1 aromatic heterocycles. The summed E-state index contributed by atoms with van der Waals surface area (Å²) in [6, 6.07) is -0.320. The summed E-state index contributed by atoms with van der Waals surface area (Å²) in [6.07, 6.45) is 0. The van der Waals surface area contributed by atoms with E-state index in [9.17, 15) is 13.2 Å². The van der Waals surface area contributed by atoms with E-state index in [0.717, 1.165) is 15.6 Å². The standard InChI is InChI=1S/C9H16ClN5O3S2/c1-13(2)9(16)15(4)7-11-12-8(19-7)20(17,18)14(3)6-5-10/h5-6H2,1-4H3. The number of alkyl halides is 1. The maximum Gasteiger partial charge on any atom is 0.325 e. The zero-order valence-corrected chi connectivity index (χ0v) is 14.0. The lowest BCUT2D eigenvalue weighted by Crippen LogP contribution is -2.36. The number of urea groups is 1. The predicted molar refractivity (Wildman–Crippen MR) is 77.9 cm³/mol. The number of sulfonamides is 1. The number of hydrogen-bond donors (Lipinski definition) is 0. The summed E-state index contributed by atoms with van der Waals surface area (Å²) in [5, 5.41) is 7.58. The molecule has 2 amide bonds. The molecule has 0 atom stereocenters. The SMILES string of the molecule is CN(C)C(=O)N(C)c1nnc(S(=O)(=O)N(C)CCCl)s1. The molecule has 0 saturated carbocycles. The highest BCUT2D eigenvalue weighted by atomic mass is 35.5. The molecule has 0 N–H and O–H groups in total. The van der Waals surface area contributed by atoms with Gasteiger partial charge in [0.15, 0.2) is 0 Å². The van der Waals surface area contributed by atoms with Crippen molar-refractivity contribution in [2.45, 2.75) is 4.34 Å². The van der Waals surface area contributed by atoms with Crippen LogP contribution in [0.25, 0.3) is 0 Å². The predicted octanol–water partition coefficient (Wildman–Crippen LogP) is 0.515. The molecule has 0 aliphatic carbocycles. The van der Waals surface area contributed by atoms with E-state index in [-0.39, 0.29) is 27.9 Å². The second-order valence-corrected chi connectivity index (χ2v) is 7.65. The minimum absolute atomic E-state index is 0.168. The third-order valence-corrected chi connectivity index (χ3v) is 5.75. The molecule has 0 bridgehead atoms. The second kappa shape index (κ2) is 6.66. The van der Waals surface area contributed by atoms with E-state index >= 15 is 0 Å². The van der Waals surface area contributed by atoms with E-state index in [2.05, 4.69) is 10.2 Å². The highest BCUT2D eigenvalue weighted by Crippen LogP contribution is 2.25. The molecule has 0 spiro atoms. The number of nitrogens with zero attached hydrogens (tertiary/aromatic N) is 5. The molecule has 0 saturated heterocycles. The van der Waals surface area contributed by atoms with Crippen LogP contribution in [0, 0.1) is 0 Å². The van der Waals surface area contributed by atoms with Crippen LogP contribution in [0.2, 0.25) is 0 Å². The first-order chi connectivity index (χ1) is 9.21. The zero-order chi connectivity index (χ0) is 15.5. The molecule has 0 fully saturated rings. The summed E-state index contributed by atoms with van der Waals surface area (Å²) in [5.74, 6) is 0.181. The van der Waals surface area contributed by atoms with Crippen LogP contribution in [-0.4, -0.2) is 74.5 Å². The molecule has 0 aliphatic rings. The van der Waals surface area contributed by atoms with Gasteiger partial charge in [-0.2, -0.15) is 4.31 Å². The zero-order valence-electron chi connectivity index (χ0n) is 11.6. The molecule has 1 aromatic rings. The molecule has 114 valence electrons. The summed E-state index contributed by atoms with van der Waals surface area (Å²) in [6.45, 7) is 0.172. The van der Waals surface area contributed by atoms with Gasteiger partial charge in [0.25, 0.3) is 10.0 Å². The summed E-state index contributed by atoms with van der Waals surface area (Å²) in [5.41, 5.74) is 0. The Kier molecular flexibility index (Phi) is 5.68. The van der Waals surface area contributed by atoms with E-state index < -0.39 is 10.0 Å². The van der Waals surface area contributed by atoms with E-state index in [1.165, 1.54) is 23.9 Å². The average Bonchev–Trinajstić information content (AvgIpc) is 2.87. The summed E-state index contributed by atoms with van der Waals surface area (Å²) in [4.78, 5) is 14.3. The Labute approximate surface area is 127 Å². The fourth-order valence-electron chi connectivity index (χ4n) is 1.20. The van der Waals surface area contributed by atoms with Gasteiger partial charge in [0.2, 0.25) is 9.47 Å². The van der Waals surface area contributed by atoms with Crippen LogP contribution < -0.4 is 4.90 Å². The van der Waals surface area contributed by atoms with Gasteiger partial charge in [0, 0.05) is 40.6 Å². The van der Waals surface area contributed by atoms with Crippen molar-refractivity contribution in [2.24, 2.45) is 0 Å². The fraction of sp³-hybridized carbons (Fsp3) is 0.667. The molecule has 0 aliphatic heterocycles. The maximum absolute atomic E-state index is 12.1. The molecule has 20 heavy (non-hydrogen) atoms. The van der Waals surface area contributed by atoms with Crippen molar-refractivity contribution < 1.29 is 13.2 Å². The van der Waals surface area contributed by atoms with Crippen molar-refractivity contribution in [1.29, 1.82) is 0 Å². The lowest BCUT2D eigenvalue weighted by atomic mass is 10.7. The number of anilines is 1. The van der Waals surface area contributed by atoms with Crippen molar-refractivity contribution in [3.63, 3.8) is 0 Å². The van der Waals surface area contributed by atoms with Gasteiger partial charge in [0.1, 0.15) is 0 Å². The molecular formula is C9H16ClN5O3S2. The molecule has 1 heterocycles. The summed E-state index contributed by atoms with van der Waals surface area (Å²) >= 11 is 6.36. The van der Waals surface area contributed by atoms with Gasteiger partial charge >= 0.3 is 6.03 Å². The maximum atomic E-state index is 12.1. The smallest absolute Gasteiger partial charge is 0.325 e. The van der Waals surface area contributed by atoms with Crippen molar-refractivity contribution in [2.75, 3.05) is 45.5 Å². The number of rotatable bonds is 5. The monoisotopic (exact) mass is 341 g/mol. The minimum Gasteiger partial charge on any atom is -0.330 e. The summed E-state index contributed by atoms with van der Waals surface area (Å²) in [7, 11) is 2.37. The van der Waals surface area contributed by atoms with Crippen LogP contribution in [0.3, 0.4) is 0 Å². The molecule has 0 radical (unpaired) electrons. The van der Waals surface area contributed by atoms with Gasteiger partial charge in [-0.3, -0.25) is 4.90 Å². The molecule has 0 aromatic carbocycles. The number of carbonyl (C=O) groups is 1. The molecule has 1 rings (SSSR count). The van der Waals surface area contributed by atoms with Gasteiger partial charge in [-0.25, -0.2) is 13.2 Å².